The molecule has 5 rings (SSSR count). The topological polar surface area (TPSA) is 36.4 Å². The highest BCUT2D eigenvalue weighted by Gasteiger charge is 2.38. The predicted octanol–water partition coefficient (Wildman–Crippen LogP) is 3.43. The zero-order chi connectivity index (χ0) is 16.5. The number of aromatic nitrogens is 1. The highest BCUT2D eigenvalue weighted by molar-refractivity contribution is 7.09. The van der Waals surface area contributed by atoms with Gasteiger partial charge in [-0.2, -0.15) is 0 Å². The third kappa shape index (κ3) is 3.38. The van der Waals surface area contributed by atoms with Gasteiger partial charge >= 0.3 is 0 Å². The van der Waals surface area contributed by atoms with Crippen LogP contribution in [-0.4, -0.2) is 52.9 Å². The molecule has 1 aliphatic carbocycles. The van der Waals surface area contributed by atoms with E-state index in [0.29, 0.717) is 17.7 Å². The van der Waals surface area contributed by atoms with Crippen LogP contribution in [0.3, 0.4) is 0 Å². The van der Waals surface area contributed by atoms with E-state index in [9.17, 15) is 4.79 Å². The molecular weight excluding hydrogens is 318 g/mol. The van der Waals surface area contributed by atoms with E-state index >= 15 is 0 Å². The first-order valence-corrected chi connectivity index (χ1v) is 10.6. The summed E-state index contributed by atoms with van der Waals surface area (Å²) >= 11 is 1.64. The molecule has 132 valence electrons. The number of carbonyl (C=O) groups excluding carboxylic acids is 1. The number of thiazole rings is 1. The van der Waals surface area contributed by atoms with Crippen molar-refractivity contribution in [2.24, 2.45) is 11.8 Å². The maximum absolute atomic E-state index is 12.9. The van der Waals surface area contributed by atoms with Gasteiger partial charge < -0.3 is 4.90 Å². The van der Waals surface area contributed by atoms with E-state index < -0.39 is 0 Å². The van der Waals surface area contributed by atoms with Gasteiger partial charge in [0.15, 0.2) is 0 Å². The molecule has 4 aliphatic rings. The molecular formula is C19H29N3OS. The van der Waals surface area contributed by atoms with E-state index in [4.69, 9.17) is 0 Å². The Morgan fingerprint density at radius 3 is 2.88 bits per heavy atom. The van der Waals surface area contributed by atoms with Crippen LogP contribution in [0, 0.1) is 11.8 Å². The van der Waals surface area contributed by atoms with E-state index in [1.54, 1.807) is 11.3 Å². The summed E-state index contributed by atoms with van der Waals surface area (Å²) in [6.45, 7) is 6.45. The number of nitrogens with zero attached hydrogens (tertiary/aromatic N) is 3. The summed E-state index contributed by atoms with van der Waals surface area (Å²) in [6.07, 6.45) is 8.86. The lowest BCUT2D eigenvalue weighted by atomic mass is 9.83. The molecule has 0 N–H and O–H groups in total. The fourth-order valence-corrected chi connectivity index (χ4v) is 5.35. The normalized spacial score (nSPS) is 28.0. The van der Waals surface area contributed by atoms with Crippen molar-refractivity contribution in [2.45, 2.75) is 57.9 Å². The third-order valence-corrected chi connectivity index (χ3v) is 6.97. The van der Waals surface area contributed by atoms with Crippen LogP contribution in [0.15, 0.2) is 5.38 Å². The second kappa shape index (κ2) is 7.12. The lowest BCUT2D eigenvalue weighted by Crippen LogP contribution is -2.47. The molecule has 2 bridgehead atoms. The van der Waals surface area contributed by atoms with Crippen LogP contribution in [0.4, 0.5) is 0 Å². The largest absolute Gasteiger partial charge is 0.335 e. The van der Waals surface area contributed by atoms with E-state index in [-0.39, 0.29) is 5.91 Å². The molecule has 3 saturated heterocycles. The first-order chi connectivity index (χ1) is 11.7. The Morgan fingerprint density at radius 1 is 1.25 bits per heavy atom. The molecule has 4 nitrogen and oxygen atoms in total. The number of carbonyl (C=O) groups is 1. The number of fused-ring (bicyclic) bond motifs is 4. The van der Waals surface area contributed by atoms with Crippen molar-refractivity contribution in [2.75, 3.05) is 26.2 Å². The van der Waals surface area contributed by atoms with Crippen LogP contribution in [-0.2, 0) is 6.42 Å². The number of amides is 1. The number of aryl methyl sites for hydroxylation is 1. The number of hydrogen-bond donors (Lipinski definition) is 0. The Labute approximate surface area is 149 Å². The van der Waals surface area contributed by atoms with Crippen molar-refractivity contribution >= 4 is 17.2 Å². The fraction of sp³-hybridized carbons (Fsp3) is 0.789. The minimum Gasteiger partial charge on any atom is -0.335 e. The zero-order valence-corrected chi connectivity index (χ0v) is 15.6. The molecule has 0 spiro atoms. The second-order valence-corrected chi connectivity index (χ2v) is 8.88. The summed E-state index contributed by atoms with van der Waals surface area (Å²) in [5, 5.41) is 3.07. The second-order valence-electron chi connectivity index (χ2n) is 7.93. The Bertz CT molecular complexity index is 583. The van der Waals surface area contributed by atoms with Crippen LogP contribution in [0.1, 0.15) is 60.9 Å². The molecule has 1 amide bonds. The standard InChI is InChI=1S/C19H29N3OS/c1-2-4-18-20-17(13-24-18)19(23)22-11-15-7-8-16(12-22)21(10-15)9-14-5-3-6-14/h13-16H,2-12H2,1H3/t15-,16-/m0/s1. The van der Waals surface area contributed by atoms with Gasteiger partial charge in [0.05, 0.1) is 5.01 Å². The van der Waals surface area contributed by atoms with E-state index in [2.05, 4.69) is 21.7 Å². The summed E-state index contributed by atoms with van der Waals surface area (Å²) in [7, 11) is 0. The highest BCUT2D eigenvalue weighted by atomic mass is 32.1. The Balaban J connectivity index is 1.43. The van der Waals surface area contributed by atoms with Gasteiger partial charge in [0.2, 0.25) is 0 Å². The molecule has 2 atom stereocenters. The van der Waals surface area contributed by atoms with Gasteiger partial charge in [-0.25, -0.2) is 4.98 Å². The smallest absolute Gasteiger partial charge is 0.273 e. The molecule has 1 aromatic rings. The first kappa shape index (κ1) is 16.5. The highest BCUT2D eigenvalue weighted by Crippen LogP contribution is 2.33. The molecule has 5 heteroatoms. The average molecular weight is 348 g/mol. The van der Waals surface area contributed by atoms with Crippen LogP contribution >= 0.6 is 11.3 Å². The van der Waals surface area contributed by atoms with Gasteiger partial charge in [0.1, 0.15) is 5.69 Å². The van der Waals surface area contributed by atoms with Gasteiger partial charge in [-0.15, -0.1) is 11.3 Å². The molecule has 0 radical (unpaired) electrons. The minimum atomic E-state index is 0.163. The minimum absolute atomic E-state index is 0.163. The van der Waals surface area contributed by atoms with Gasteiger partial charge in [0, 0.05) is 37.6 Å². The summed E-state index contributed by atoms with van der Waals surface area (Å²) in [6, 6.07) is 0.571. The number of rotatable bonds is 5. The van der Waals surface area contributed by atoms with E-state index in [1.807, 2.05) is 5.38 Å². The van der Waals surface area contributed by atoms with Gasteiger partial charge in [-0.3, -0.25) is 9.69 Å². The van der Waals surface area contributed by atoms with Crippen LogP contribution in [0.2, 0.25) is 0 Å². The Kier molecular flexibility index (Phi) is 4.90. The van der Waals surface area contributed by atoms with Gasteiger partial charge in [-0.1, -0.05) is 13.3 Å². The number of hydrogen-bond acceptors (Lipinski definition) is 4. The van der Waals surface area contributed by atoms with Gasteiger partial charge in [0.25, 0.3) is 5.91 Å². The molecule has 4 heterocycles. The van der Waals surface area contributed by atoms with Crippen molar-refractivity contribution in [3.63, 3.8) is 0 Å². The van der Waals surface area contributed by atoms with Crippen LogP contribution in [0.25, 0.3) is 0 Å². The van der Waals surface area contributed by atoms with Crippen molar-refractivity contribution in [1.29, 1.82) is 0 Å². The van der Waals surface area contributed by atoms with Crippen molar-refractivity contribution in [1.82, 2.24) is 14.8 Å². The van der Waals surface area contributed by atoms with Crippen LogP contribution in [0.5, 0.6) is 0 Å². The summed E-state index contributed by atoms with van der Waals surface area (Å²) in [5.41, 5.74) is 0.676. The number of piperidine rings is 1. The van der Waals surface area contributed by atoms with Crippen molar-refractivity contribution in [3.8, 4) is 0 Å². The third-order valence-electron chi connectivity index (χ3n) is 6.07. The molecule has 0 aromatic carbocycles. The van der Waals surface area contributed by atoms with Crippen molar-refractivity contribution in [3.05, 3.63) is 16.1 Å². The molecule has 1 aromatic heterocycles. The monoisotopic (exact) mass is 347 g/mol. The summed E-state index contributed by atoms with van der Waals surface area (Å²) in [4.78, 5) is 22.3. The zero-order valence-electron chi connectivity index (χ0n) is 14.7. The lowest BCUT2D eigenvalue weighted by molar-refractivity contribution is 0.0712. The SMILES string of the molecule is CCCc1nc(C(=O)N2C[C@H]3CC[C@@H](C2)N(CC2CCC2)C3)cs1. The summed E-state index contributed by atoms with van der Waals surface area (Å²) < 4.78 is 0. The van der Waals surface area contributed by atoms with E-state index in [1.165, 1.54) is 45.2 Å². The predicted molar refractivity (Wildman–Crippen MR) is 97.4 cm³/mol. The maximum atomic E-state index is 12.9. The van der Waals surface area contributed by atoms with Crippen LogP contribution < -0.4 is 0 Å². The Morgan fingerprint density at radius 2 is 2.12 bits per heavy atom. The average Bonchev–Trinajstić information content (AvgIpc) is 2.82. The first-order valence-electron chi connectivity index (χ1n) is 9.70. The molecule has 24 heavy (non-hydrogen) atoms. The quantitative estimate of drug-likeness (QED) is 0.819. The fourth-order valence-electron chi connectivity index (χ4n) is 4.48. The molecule has 3 aliphatic heterocycles. The van der Waals surface area contributed by atoms with Gasteiger partial charge in [-0.05, 0) is 50.4 Å². The lowest BCUT2D eigenvalue weighted by Gasteiger charge is -2.40. The Hall–Kier alpha value is -0.940. The molecule has 1 saturated carbocycles. The van der Waals surface area contributed by atoms with Crippen molar-refractivity contribution < 1.29 is 4.79 Å². The van der Waals surface area contributed by atoms with E-state index in [0.717, 1.165) is 36.9 Å². The summed E-state index contributed by atoms with van der Waals surface area (Å²) in [5.74, 6) is 1.74. The molecule has 0 unspecified atom stereocenters. The maximum Gasteiger partial charge on any atom is 0.273 e. The molecule has 4 fully saturated rings.